The molecule has 0 amide bonds. The Labute approximate surface area is 101 Å². The molecule has 86 valence electrons. The standard InChI is InChI=1S/C15H15NO/c1-15(2)10-17-14(16-15)13-8-7-11-5-3-4-6-12(11)9-13/h3-9H,10H2,1-2H3. The molecule has 0 saturated heterocycles. The maximum absolute atomic E-state index is 5.65. The summed E-state index contributed by atoms with van der Waals surface area (Å²) >= 11 is 0. The summed E-state index contributed by atoms with van der Waals surface area (Å²) in [5, 5.41) is 2.47. The molecule has 0 saturated carbocycles. The van der Waals surface area contributed by atoms with Crippen LogP contribution in [0, 0.1) is 0 Å². The predicted octanol–water partition coefficient (Wildman–Crippen LogP) is 3.40. The summed E-state index contributed by atoms with van der Waals surface area (Å²) in [6.07, 6.45) is 0. The topological polar surface area (TPSA) is 21.6 Å². The van der Waals surface area contributed by atoms with E-state index in [1.165, 1.54) is 10.8 Å². The van der Waals surface area contributed by atoms with Crippen molar-refractivity contribution in [3.8, 4) is 0 Å². The summed E-state index contributed by atoms with van der Waals surface area (Å²) in [4.78, 5) is 4.59. The number of rotatable bonds is 1. The van der Waals surface area contributed by atoms with Gasteiger partial charge in [-0.2, -0.15) is 0 Å². The van der Waals surface area contributed by atoms with Crippen LogP contribution in [-0.4, -0.2) is 18.0 Å². The first-order valence-electron chi connectivity index (χ1n) is 5.86. The molecule has 2 heteroatoms. The number of ether oxygens (including phenoxy) is 1. The van der Waals surface area contributed by atoms with E-state index in [1.54, 1.807) is 0 Å². The average Bonchev–Trinajstić information content (AvgIpc) is 2.69. The van der Waals surface area contributed by atoms with Crippen molar-refractivity contribution in [2.75, 3.05) is 6.61 Å². The molecular formula is C15H15NO. The molecule has 2 aromatic rings. The lowest BCUT2D eigenvalue weighted by Crippen LogP contribution is -2.17. The van der Waals surface area contributed by atoms with Crippen LogP contribution in [0.3, 0.4) is 0 Å². The zero-order valence-electron chi connectivity index (χ0n) is 10.1. The lowest BCUT2D eigenvalue weighted by Gasteiger charge is -2.07. The maximum Gasteiger partial charge on any atom is 0.216 e. The molecule has 2 aromatic carbocycles. The molecule has 3 rings (SSSR count). The van der Waals surface area contributed by atoms with E-state index in [0.29, 0.717) is 6.61 Å². The molecule has 1 aliphatic rings. The fourth-order valence-electron chi connectivity index (χ4n) is 2.05. The van der Waals surface area contributed by atoms with Gasteiger partial charge < -0.3 is 4.74 Å². The minimum atomic E-state index is -0.0963. The fraction of sp³-hybridized carbons (Fsp3) is 0.267. The van der Waals surface area contributed by atoms with Crippen LogP contribution < -0.4 is 0 Å². The van der Waals surface area contributed by atoms with E-state index in [0.717, 1.165) is 11.5 Å². The Morgan fingerprint density at radius 3 is 2.53 bits per heavy atom. The Bertz CT molecular complexity index is 599. The lowest BCUT2D eigenvalue weighted by molar-refractivity contribution is 0.279. The molecule has 2 nitrogen and oxygen atoms in total. The first kappa shape index (κ1) is 10.3. The van der Waals surface area contributed by atoms with Gasteiger partial charge >= 0.3 is 0 Å². The fourth-order valence-corrected chi connectivity index (χ4v) is 2.05. The van der Waals surface area contributed by atoms with E-state index in [-0.39, 0.29) is 5.54 Å². The first-order chi connectivity index (χ1) is 8.14. The number of nitrogens with zero attached hydrogens (tertiary/aromatic N) is 1. The number of benzene rings is 2. The maximum atomic E-state index is 5.65. The van der Waals surface area contributed by atoms with Crippen molar-refractivity contribution in [2.24, 2.45) is 4.99 Å². The van der Waals surface area contributed by atoms with Crippen molar-refractivity contribution in [3.63, 3.8) is 0 Å². The van der Waals surface area contributed by atoms with Crippen LogP contribution in [0.4, 0.5) is 0 Å². The monoisotopic (exact) mass is 225 g/mol. The molecule has 1 heterocycles. The summed E-state index contributed by atoms with van der Waals surface area (Å²) in [5.41, 5.74) is 0.968. The highest BCUT2D eigenvalue weighted by molar-refractivity contribution is 5.99. The number of hydrogen-bond acceptors (Lipinski definition) is 2. The van der Waals surface area contributed by atoms with E-state index < -0.39 is 0 Å². The summed E-state index contributed by atoms with van der Waals surface area (Å²) < 4.78 is 5.65. The van der Waals surface area contributed by atoms with Gasteiger partial charge in [0.05, 0.1) is 5.54 Å². The second-order valence-corrected chi connectivity index (χ2v) is 5.08. The highest BCUT2D eigenvalue weighted by Gasteiger charge is 2.26. The van der Waals surface area contributed by atoms with Gasteiger partial charge in [-0.3, -0.25) is 0 Å². The molecule has 1 aliphatic heterocycles. The Hall–Kier alpha value is -1.83. The van der Waals surface area contributed by atoms with Crippen molar-refractivity contribution in [3.05, 3.63) is 48.0 Å². The molecule has 0 unspecified atom stereocenters. The van der Waals surface area contributed by atoms with Crippen molar-refractivity contribution in [1.29, 1.82) is 0 Å². The highest BCUT2D eigenvalue weighted by Crippen LogP contribution is 2.23. The SMILES string of the molecule is CC1(C)COC(c2ccc3ccccc3c2)=N1. The molecule has 0 aromatic heterocycles. The summed E-state index contributed by atoms with van der Waals surface area (Å²) in [7, 11) is 0. The third-order valence-electron chi connectivity index (χ3n) is 2.96. The zero-order valence-corrected chi connectivity index (χ0v) is 10.1. The van der Waals surface area contributed by atoms with Crippen LogP contribution in [0.25, 0.3) is 10.8 Å². The molecule has 0 aliphatic carbocycles. The normalized spacial score (nSPS) is 17.9. The average molecular weight is 225 g/mol. The van der Waals surface area contributed by atoms with E-state index in [1.807, 2.05) is 6.07 Å². The van der Waals surface area contributed by atoms with Gasteiger partial charge in [0.15, 0.2) is 0 Å². The molecule has 17 heavy (non-hydrogen) atoms. The number of fused-ring (bicyclic) bond motifs is 1. The van der Waals surface area contributed by atoms with Crippen molar-refractivity contribution < 1.29 is 4.74 Å². The predicted molar refractivity (Wildman–Crippen MR) is 70.5 cm³/mol. The van der Waals surface area contributed by atoms with Gasteiger partial charge in [-0.25, -0.2) is 4.99 Å². The van der Waals surface area contributed by atoms with Crippen molar-refractivity contribution in [1.82, 2.24) is 0 Å². The second-order valence-electron chi connectivity index (χ2n) is 5.08. The molecule has 0 fully saturated rings. The van der Waals surface area contributed by atoms with Crippen molar-refractivity contribution in [2.45, 2.75) is 19.4 Å². The smallest absolute Gasteiger partial charge is 0.216 e. The molecule has 0 spiro atoms. The quantitative estimate of drug-likeness (QED) is 0.729. The van der Waals surface area contributed by atoms with Gasteiger partial charge in [0, 0.05) is 5.56 Å². The lowest BCUT2D eigenvalue weighted by atomic mass is 10.1. The Kier molecular flexibility index (Phi) is 2.18. The Morgan fingerprint density at radius 1 is 1.06 bits per heavy atom. The largest absolute Gasteiger partial charge is 0.475 e. The van der Waals surface area contributed by atoms with Crippen LogP contribution in [-0.2, 0) is 4.74 Å². The van der Waals surface area contributed by atoms with Gasteiger partial charge in [-0.15, -0.1) is 0 Å². The van der Waals surface area contributed by atoms with Crippen LogP contribution in [0.1, 0.15) is 19.4 Å². The van der Waals surface area contributed by atoms with Crippen LogP contribution >= 0.6 is 0 Å². The number of aliphatic imine (C=N–C) groups is 1. The minimum Gasteiger partial charge on any atom is -0.475 e. The van der Waals surface area contributed by atoms with Crippen molar-refractivity contribution >= 4 is 16.7 Å². The van der Waals surface area contributed by atoms with E-state index in [9.17, 15) is 0 Å². The molecule has 0 radical (unpaired) electrons. The third kappa shape index (κ3) is 1.91. The Balaban J connectivity index is 2.07. The molecule has 0 bridgehead atoms. The molecular weight excluding hydrogens is 210 g/mol. The van der Waals surface area contributed by atoms with Crippen LogP contribution in [0.2, 0.25) is 0 Å². The van der Waals surface area contributed by atoms with E-state index in [4.69, 9.17) is 4.74 Å². The number of hydrogen-bond donors (Lipinski definition) is 0. The molecule has 0 atom stereocenters. The second kappa shape index (κ2) is 3.59. The van der Waals surface area contributed by atoms with Gasteiger partial charge in [0.2, 0.25) is 5.90 Å². The third-order valence-corrected chi connectivity index (χ3v) is 2.96. The van der Waals surface area contributed by atoms with Gasteiger partial charge in [0.25, 0.3) is 0 Å². The van der Waals surface area contributed by atoms with Crippen LogP contribution in [0.5, 0.6) is 0 Å². The first-order valence-corrected chi connectivity index (χ1v) is 5.86. The minimum absolute atomic E-state index is 0.0963. The zero-order chi connectivity index (χ0) is 11.9. The van der Waals surface area contributed by atoms with Crippen LogP contribution in [0.15, 0.2) is 47.5 Å². The Morgan fingerprint density at radius 2 is 1.82 bits per heavy atom. The molecule has 0 N–H and O–H groups in total. The summed E-state index contributed by atoms with van der Waals surface area (Å²) in [6.45, 7) is 4.83. The summed E-state index contributed by atoms with van der Waals surface area (Å²) in [5.74, 6) is 0.765. The van der Waals surface area contributed by atoms with Gasteiger partial charge in [-0.1, -0.05) is 30.3 Å². The van der Waals surface area contributed by atoms with E-state index in [2.05, 4.69) is 55.2 Å². The summed E-state index contributed by atoms with van der Waals surface area (Å²) in [6, 6.07) is 14.6. The highest BCUT2D eigenvalue weighted by atomic mass is 16.5. The van der Waals surface area contributed by atoms with Gasteiger partial charge in [-0.05, 0) is 36.8 Å². The van der Waals surface area contributed by atoms with E-state index >= 15 is 0 Å². The van der Waals surface area contributed by atoms with Gasteiger partial charge in [0.1, 0.15) is 6.61 Å².